The van der Waals surface area contributed by atoms with Crippen LogP contribution < -0.4 is 5.73 Å². The Labute approximate surface area is 58.1 Å². The summed E-state index contributed by atoms with van der Waals surface area (Å²) in [6.45, 7) is -0.0170. The van der Waals surface area contributed by atoms with Crippen molar-refractivity contribution < 1.29 is 4.79 Å². The lowest BCUT2D eigenvalue weighted by molar-refractivity contribution is -0.111. The molecule has 0 atom stereocenters. The molecule has 0 saturated heterocycles. The molecule has 0 rings (SSSR count). The van der Waals surface area contributed by atoms with Gasteiger partial charge < -0.3 is 10.6 Å². The van der Waals surface area contributed by atoms with Crippen molar-refractivity contribution in [2.75, 3.05) is 13.6 Å². The minimum absolute atomic E-state index is 0.0170. The maximum Gasteiger partial charge on any atom is 0.241 e. The molecule has 0 amide bonds. The first kappa shape index (κ1) is 8.23. The number of halogens is 1. The van der Waals surface area contributed by atoms with Crippen molar-refractivity contribution in [1.29, 1.82) is 5.41 Å². The number of hydrogen-bond donors (Lipinski definition) is 2. The number of carbonyl (C=O) groups excluding carboxylic acids is 1. The molecule has 9 heavy (non-hydrogen) atoms. The van der Waals surface area contributed by atoms with Gasteiger partial charge in [0.1, 0.15) is 0 Å². The Hall–Kier alpha value is -0.770. The minimum Gasteiger partial charge on any atom is -0.370 e. The highest BCUT2D eigenvalue weighted by molar-refractivity contribution is 6.64. The van der Waals surface area contributed by atoms with Crippen LogP contribution in [0.5, 0.6) is 0 Å². The van der Waals surface area contributed by atoms with Crippen LogP contribution in [0.15, 0.2) is 0 Å². The molecule has 0 aliphatic rings. The van der Waals surface area contributed by atoms with Crippen molar-refractivity contribution in [3.63, 3.8) is 0 Å². The van der Waals surface area contributed by atoms with Crippen molar-refractivity contribution in [3.05, 3.63) is 0 Å². The van der Waals surface area contributed by atoms with Crippen molar-refractivity contribution in [1.82, 2.24) is 4.90 Å². The molecule has 0 bridgehead atoms. The lowest BCUT2D eigenvalue weighted by atomic mass is 10.6. The standard InChI is InChI=1S/C4H8ClN3O/c1-8(4(6)7)2-3(5)9/h2H2,1H3,(H3,6,7). The van der Waals surface area contributed by atoms with Gasteiger partial charge in [0.2, 0.25) is 5.24 Å². The van der Waals surface area contributed by atoms with E-state index in [1.54, 1.807) is 0 Å². The Morgan fingerprint density at radius 2 is 2.33 bits per heavy atom. The second kappa shape index (κ2) is 3.29. The number of carbonyl (C=O) groups is 1. The van der Waals surface area contributed by atoms with E-state index in [0.29, 0.717) is 0 Å². The molecule has 0 aromatic rings. The van der Waals surface area contributed by atoms with Gasteiger partial charge in [-0.25, -0.2) is 0 Å². The van der Waals surface area contributed by atoms with Gasteiger partial charge in [0.25, 0.3) is 0 Å². The van der Waals surface area contributed by atoms with Crippen molar-refractivity contribution in [3.8, 4) is 0 Å². The van der Waals surface area contributed by atoms with Gasteiger partial charge in [-0.05, 0) is 11.6 Å². The Balaban J connectivity index is 3.63. The summed E-state index contributed by atoms with van der Waals surface area (Å²) in [6.07, 6.45) is 0. The Kier molecular flexibility index (Phi) is 3.01. The summed E-state index contributed by atoms with van der Waals surface area (Å²) in [5.74, 6) is -0.163. The van der Waals surface area contributed by atoms with Gasteiger partial charge in [0, 0.05) is 7.05 Å². The minimum atomic E-state index is -0.521. The van der Waals surface area contributed by atoms with Gasteiger partial charge in [-0.3, -0.25) is 10.2 Å². The van der Waals surface area contributed by atoms with E-state index in [9.17, 15) is 4.79 Å². The Bertz CT molecular complexity index is 136. The number of rotatable bonds is 2. The van der Waals surface area contributed by atoms with Gasteiger partial charge in [-0.2, -0.15) is 0 Å². The van der Waals surface area contributed by atoms with Crippen molar-refractivity contribution in [2.24, 2.45) is 5.73 Å². The van der Waals surface area contributed by atoms with Crippen LogP contribution in [0.2, 0.25) is 0 Å². The summed E-state index contributed by atoms with van der Waals surface area (Å²) >= 11 is 4.98. The molecule has 4 nitrogen and oxygen atoms in total. The molecule has 0 heterocycles. The first-order valence-electron chi connectivity index (χ1n) is 2.27. The van der Waals surface area contributed by atoms with Crippen molar-refractivity contribution in [2.45, 2.75) is 0 Å². The predicted octanol–water partition coefficient (Wildman–Crippen LogP) is -0.423. The van der Waals surface area contributed by atoms with E-state index in [1.165, 1.54) is 11.9 Å². The Morgan fingerprint density at radius 1 is 1.89 bits per heavy atom. The van der Waals surface area contributed by atoms with Gasteiger partial charge in [-0.15, -0.1) is 0 Å². The van der Waals surface area contributed by atoms with Crippen molar-refractivity contribution >= 4 is 22.8 Å². The predicted molar refractivity (Wildman–Crippen MR) is 35.4 cm³/mol. The van der Waals surface area contributed by atoms with Gasteiger partial charge in [0.05, 0.1) is 6.54 Å². The summed E-state index contributed by atoms with van der Waals surface area (Å²) < 4.78 is 0. The fraction of sp³-hybridized carbons (Fsp3) is 0.500. The first-order chi connectivity index (χ1) is 4.04. The van der Waals surface area contributed by atoms with Crippen LogP contribution in [0.4, 0.5) is 0 Å². The number of nitrogens with zero attached hydrogens (tertiary/aromatic N) is 1. The van der Waals surface area contributed by atoms with Crippen LogP contribution in [0.3, 0.4) is 0 Å². The molecule has 0 aliphatic heterocycles. The highest BCUT2D eigenvalue weighted by Crippen LogP contribution is 1.84. The molecule has 0 unspecified atom stereocenters. The molecule has 0 aliphatic carbocycles. The summed E-state index contributed by atoms with van der Waals surface area (Å²) in [5.41, 5.74) is 4.98. The monoisotopic (exact) mass is 149 g/mol. The number of nitrogens with two attached hydrogens (primary N) is 1. The number of hydrogen-bond acceptors (Lipinski definition) is 2. The molecule has 0 aromatic carbocycles. The molecule has 0 fully saturated rings. The second-order valence-corrected chi connectivity index (χ2v) is 2.02. The molecule has 5 heteroatoms. The number of guanidine groups is 1. The lowest BCUT2D eigenvalue weighted by Gasteiger charge is -2.12. The molecule has 0 saturated carbocycles. The summed E-state index contributed by atoms with van der Waals surface area (Å²) in [5, 5.41) is 6.27. The van der Waals surface area contributed by atoms with Crippen LogP contribution in [-0.2, 0) is 4.79 Å². The third kappa shape index (κ3) is 3.78. The van der Waals surface area contributed by atoms with E-state index < -0.39 is 5.24 Å². The normalized spacial score (nSPS) is 8.67. The van der Waals surface area contributed by atoms with Crippen LogP contribution in [0.25, 0.3) is 0 Å². The second-order valence-electron chi connectivity index (χ2n) is 1.60. The van der Waals surface area contributed by atoms with Gasteiger partial charge >= 0.3 is 0 Å². The number of nitrogens with one attached hydrogen (secondary N) is 1. The van der Waals surface area contributed by atoms with Crippen LogP contribution in [0.1, 0.15) is 0 Å². The SMILES string of the molecule is CN(CC(=O)Cl)C(=N)N. The molecular formula is C4H8ClN3O. The topological polar surface area (TPSA) is 70.2 Å². The van der Waals surface area contributed by atoms with E-state index in [4.69, 9.17) is 22.7 Å². The highest BCUT2D eigenvalue weighted by atomic mass is 35.5. The fourth-order valence-corrected chi connectivity index (χ4v) is 0.451. The van der Waals surface area contributed by atoms with E-state index in [2.05, 4.69) is 0 Å². The van der Waals surface area contributed by atoms with Crippen LogP contribution in [-0.4, -0.2) is 29.7 Å². The molecule has 0 aromatic heterocycles. The molecule has 52 valence electrons. The maximum absolute atomic E-state index is 10.1. The van der Waals surface area contributed by atoms with E-state index in [-0.39, 0.29) is 12.5 Å². The van der Waals surface area contributed by atoms with Gasteiger partial charge in [-0.1, -0.05) is 0 Å². The quantitative estimate of drug-likeness (QED) is 0.318. The fourth-order valence-electron chi connectivity index (χ4n) is 0.272. The molecule has 0 radical (unpaired) electrons. The molecular weight excluding hydrogens is 142 g/mol. The third-order valence-electron chi connectivity index (χ3n) is 0.773. The zero-order valence-corrected chi connectivity index (χ0v) is 5.77. The zero-order chi connectivity index (χ0) is 7.44. The van der Waals surface area contributed by atoms with E-state index in [0.717, 1.165) is 0 Å². The summed E-state index contributed by atoms with van der Waals surface area (Å²) in [7, 11) is 1.52. The van der Waals surface area contributed by atoms with E-state index >= 15 is 0 Å². The summed E-state index contributed by atoms with van der Waals surface area (Å²) in [6, 6.07) is 0. The third-order valence-corrected chi connectivity index (χ3v) is 0.892. The first-order valence-corrected chi connectivity index (χ1v) is 2.65. The summed E-state index contributed by atoms with van der Waals surface area (Å²) in [4.78, 5) is 11.4. The lowest BCUT2D eigenvalue weighted by Crippen LogP contribution is -2.35. The average molecular weight is 150 g/mol. The number of likely N-dealkylation sites (N-methyl/N-ethyl adjacent to an activating group) is 1. The smallest absolute Gasteiger partial charge is 0.241 e. The van der Waals surface area contributed by atoms with Crippen LogP contribution >= 0.6 is 11.6 Å². The average Bonchev–Trinajstić information content (AvgIpc) is 1.63. The van der Waals surface area contributed by atoms with Gasteiger partial charge in [0.15, 0.2) is 5.96 Å². The Morgan fingerprint density at radius 3 is 2.44 bits per heavy atom. The zero-order valence-electron chi connectivity index (χ0n) is 5.02. The molecule has 3 N–H and O–H groups in total. The maximum atomic E-state index is 10.1. The molecule has 0 spiro atoms. The largest absolute Gasteiger partial charge is 0.370 e. The highest BCUT2D eigenvalue weighted by Gasteiger charge is 2.02. The van der Waals surface area contributed by atoms with Crippen LogP contribution in [0, 0.1) is 5.41 Å². The van der Waals surface area contributed by atoms with E-state index in [1.807, 2.05) is 0 Å².